The van der Waals surface area contributed by atoms with Crippen LogP contribution in [0.4, 0.5) is 0 Å². The van der Waals surface area contributed by atoms with Crippen molar-refractivity contribution in [1.29, 1.82) is 0 Å². The molecule has 0 amide bonds. The first-order chi connectivity index (χ1) is 8.15. The summed E-state index contributed by atoms with van der Waals surface area (Å²) in [5.41, 5.74) is 7.14. The number of aryl methyl sites for hydroxylation is 1. The zero-order chi connectivity index (χ0) is 12.7. The lowest BCUT2D eigenvalue weighted by molar-refractivity contribution is 0.105. The fraction of sp³-hybridized carbons (Fsp3) is 0.769. The van der Waals surface area contributed by atoms with Crippen LogP contribution in [-0.2, 0) is 11.3 Å². The molecule has 0 fully saturated rings. The second-order valence-corrected chi connectivity index (χ2v) is 4.85. The van der Waals surface area contributed by atoms with Crippen LogP contribution in [0.15, 0.2) is 12.5 Å². The van der Waals surface area contributed by atoms with E-state index >= 15 is 0 Å². The average Bonchev–Trinajstić information content (AvgIpc) is 2.75. The van der Waals surface area contributed by atoms with Gasteiger partial charge in [-0.25, -0.2) is 4.98 Å². The minimum absolute atomic E-state index is 0.0917. The maximum atomic E-state index is 6.02. The Morgan fingerprint density at radius 3 is 2.88 bits per heavy atom. The summed E-state index contributed by atoms with van der Waals surface area (Å²) in [4.78, 5) is 4.16. The molecule has 1 atom stereocenters. The van der Waals surface area contributed by atoms with Crippen molar-refractivity contribution in [3.8, 4) is 0 Å². The predicted molar refractivity (Wildman–Crippen MR) is 69.7 cm³/mol. The molecule has 1 aromatic heterocycles. The summed E-state index contributed by atoms with van der Waals surface area (Å²) >= 11 is 0. The van der Waals surface area contributed by atoms with Gasteiger partial charge in [0, 0.05) is 32.0 Å². The minimum Gasteiger partial charge on any atom is -0.381 e. The molecule has 0 unspecified atom stereocenters. The van der Waals surface area contributed by atoms with Crippen molar-refractivity contribution in [2.24, 2.45) is 11.7 Å². The first kappa shape index (κ1) is 14.2. The molecule has 2 N–H and O–H groups in total. The van der Waals surface area contributed by atoms with Crippen molar-refractivity contribution >= 4 is 0 Å². The van der Waals surface area contributed by atoms with E-state index in [2.05, 4.69) is 30.3 Å². The zero-order valence-corrected chi connectivity index (χ0v) is 11.2. The molecule has 17 heavy (non-hydrogen) atoms. The van der Waals surface area contributed by atoms with Gasteiger partial charge in [-0.3, -0.25) is 0 Å². The fourth-order valence-corrected chi connectivity index (χ4v) is 1.69. The van der Waals surface area contributed by atoms with E-state index in [4.69, 9.17) is 10.5 Å². The molecular weight excluding hydrogens is 214 g/mol. The molecule has 0 saturated carbocycles. The number of hydrogen-bond acceptors (Lipinski definition) is 3. The molecule has 0 aliphatic rings. The molecule has 0 bridgehead atoms. The molecule has 4 nitrogen and oxygen atoms in total. The Labute approximate surface area is 104 Å². The Hall–Kier alpha value is -0.870. The molecule has 0 radical (unpaired) electrons. The highest BCUT2D eigenvalue weighted by Gasteiger charge is 2.08. The number of imidazole rings is 1. The van der Waals surface area contributed by atoms with Crippen molar-refractivity contribution in [3.05, 3.63) is 18.2 Å². The van der Waals surface area contributed by atoms with Gasteiger partial charge in [0.05, 0.1) is 12.0 Å². The third kappa shape index (κ3) is 4.88. The summed E-state index contributed by atoms with van der Waals surface area (Å²) in [7, 11) is 0. The lowest BCUT2D eigenvalue weighted by Crippen LogP contribution is -2.15. The molecule has 1 aromatic rings. The molecule has 4 heteroatoms. The van der Waals surface area contributed by atoms with Gasteiger partial charge in [0.15, 0.2) is 0 Å². The third-order valence-corrected chi connectivity index (χ3v) is 2.70. The predicted octanol–water partition coefficient (Wildman–Crippen LogP) is 2.36. The third-order valence-electron chi connectivity index (χ3n) is 2.70. The van der Waals surface area contributed by atoms with E-state index in [1.807, 2.05) is 12.5 Å². The minimum atomic E-state index is 0.0917. The molecule has 0 aliphatic carbocycles. The Morgan fingerprint density at radius 1 is 1.47 bits per heavy atom. The van der Waals surface area contributed by atoms with Crippen molar-refractivity contribution in [3.63, 3.8) is 0 Å². The molecule has 1 heterocycles. The number of hydrogen-bond donors (Lipinski definition) is 1. The van der Waals surface area contributed by atoms with Crippen molar-refractivity contribution in [2.75, 3.05) is 13.2 Å². The molecule has 0 spiro atoms. The number of rotatable bonds is 8. The lowest BCUT2D eigenvalue weighted by Gasteiger charge is -2.13. The number of nitrogens with two attached hydrogens (primary N) is 1. The summed E-state index contributed by atoms with van der Waals surface area (Å²) in [6, 6.07) is 0.0917. The van der Waals surface area contributed by atoms with Crippen LogP contribution in [0, 0.1) is 5.92 Å². The van der Waals surface area contributed by atoms with Crippen LogP contribution in [0.2, 0.25) is 0 Å². The quantitative estimate of drug-likeness (QED) is 0.708. The Kier molecular flexibility index (Phi) is 6.22. The summed E-state index contributed by atoms with van der Waals surface area (Å²) < 4.78 is 7.69. The van der Waals surface area contributed by atoms with E-state index in [9.17, 15) is 0 Å². The van der Waals surface area contributed by atoms with Crippen LogP contribution < -0.4 is 5.73 Å². The second kappa shape index (κ2) is 7.45. The van der Waals surface area contributed by atoms with Crippen molar-refractivity contribution in [2.45, 2.75) is 46.2 Å². The van der Waals surface area contributed by atoms with Gasteiger partial charge in [-0.1, -0.05) is 20.8 Å². The van der Waals surface area contributed by atoms with Gasteiger partial charge >= 0.3 is 0 Å². The maximum absolute atomic E-state index is 6.02. The van der Waals surface area contributed by atoms with Gasteiger partial charge in [-0.05, 0) is 18.8 Å². The Bertz CT molecular complexity index is 309. The number of ether oxygens (including phenoxy) is 1. The van der Waals surface area contributed by atoms with E-state index in [1.54, 1.807) is 0 Å². The normalized spacial score (nSPS) is 13.2. The van der Waals surface area contributed by atoms with E-state index in [-0.39, 0.29) is 6.04 Å². The summed E-state index contributed by atoms with van der Waals surface area (Å²) in [5, 5.41) is 0. The SMILES string of the molecule is CC[C@@H](N)c1cncn1CCCOCC(C)C. The smallest absolute Gasteiger partial charge is 0.0948 e. The number of nitrogens with zero attached hydrogens (tertiary/aromatic N) is 2. The topological polar surface area (TPSA) is 53.1 Å². The highest BCUT2D eigenvalue weighted by molar-refractivity contribution is 5.03. The second-order valence-electron chi connectivity index (χ2n) is 4.85. The van der Waals surface area contributed by atoms with Gasteiger partial charge < -0.3 is 15.0 Å². The van der Waals surface area contributed by atoms with Crippen LogP contribution in [0.25, 0.3) is 0 Å². The van der Waals surface area contributed by atoms with Gasteiger partial charge in [0.1, 0.15) is 0 Å². The van der Waals surface area contributed by atoms with Crippen molar-refractivity contribution < 1.29 is 4.74 Å². The van der Waals surface area contributed by atoms with Gasteiger partial charge in [0.25, 0.3) is 0 Å². The highest BCUT2D eigenvalue weighted by atomic mass is 16.5. The van der Waals surface area contributed by atoms with E-state index < -0.39 is 0 Å². The van der Waals surface area contributed by atoms with Crippen LogP contribution in [-0.4, -0.2) is 22.8 Å². The summed E-state index contributed by atoms with van der Waals surface area (Å²) in [5.74, 6) is 0.604. The highest BCUT2D eigenvalue weighted by Crippen LogP contribution is 2.13. The Morgan fingerprint density at radius 2 is 2.24 bits per heavy atom. The molecule has 0 saturated heterocycles. The molecule has 0 aliphatic heterocycles. The average molecular weight is 239 g/mol. The van der Waals surface area contributed by atoms with E-state index in [0.717, 1.165) is 38.3 Å². The summed E-state index contributed by atoms with van der Waals surface area (Å²) in [6.45, 7) is 8.99. The molecule has 1 rings (SSSR count). The first-order valence-electron chi connectivity index (χ1n) is 6.48. The van der Waals surface area contributed by atoms with Gasteiger partial charge in [-0.15, -0.1) is 0 Å². The van der Waals surface area contributed by atoms with Crippen LogP contribution >= 0.6 is 0 Å². The molecule has 98 valence electrons. The van der Waals surface area contributed by atoms with Crippen molar-refractivity contribution in [1.82, 2.24) is 9.55 Å². The number of aromatic nitrogens is 2. The van der Waals surface area contributed by atoms with Crippen LogP contribution in [0.3, 0.4) is 0 Å². The monoisotopic (exact) mass is 239 g/mol. The van der Waals surface area contributed by atoms with Gasteiger partial charge in [-0.2, -0.15) is 0 Å². The van der Waals surface area contributed by atoms with Crippen LogP contribution in [0.1, 0.15) is 45.3 Å². The largest absolute Gasteiger partial charge is 0.381 e. The summed E-state index contributed by atoms with van der Waals surface area (Å²) in [6.07, 6.45) is 5.67. The van der Waals surface area contributed by atoms with Gasteiger partial charge in [0.2, 0.25) is 0 Å². The first-order valence-corrected chi connectivity index (χ1v) is 6.48. The van der Waals surface area contributed by atoms with Crippen LogP contribution in [0.5, 0.6) is 0 Å². The Balaban J connectivity index is 2.29. The standard InChI is InChI=1S/C13H25N3O/c1-4-12(14)13-8-15-10-16(13)6-5-7-17-9-11(2)3/h8,10-12H,4-7,9,14H2,1-3H3/t12-/m1/s1. The molecular formula is C13H25N3O. The molecule has 0 aromatic carbocycles. The lowest BCUT2D eigenvalue weighted by atomic mass is 10.2. The maximum Gasteiger partial charge on any atom is 0.0948 e. The zero-order valence-electron chi connectivity index (χ0n) is 11.2. The fourth-order valence-electron chi connectivity index (χ4n) is 1.69. The van der Waals surface area contributed by atoms with E-state index in [0.29, 0.717) is 5.92 Å². The van der Waals surface area contributed by atoms with E-state index in [1.165, 1.54) is 0 Å².